The van der Waals surface area contributed by atoms with E-state index in [1.165, 1.54) is 4.40 Å². The molecule has 1 aromatic carbocycles. The van der Waals surface area contributed by atoms with Crippen molar-refractivity contribution >= 4 is 21.3 Å². The van der Waals surface area contributed by atoms with Crippen LogP contribution < -0.4 is 5.32 Å². The van der Waals surface area contributed by atoms with E-state index in [0.717, 1.165) is 11.8 Å². The summed E-state index contributed by atoms with van der Waals surface area (Å²) in [5, 5.41) is 2.63. The topological polar surface area (TPSA) is 89.8 Å². The lowest BCUT2D eigenvalue weighted by atomic mass is 10.1. The minimum absolute atomic E-state index is 0.0219. The highest BCUT2D eigenvalue weighted by atomic mass is 32.2. The number of ether oxygens (including phenoxy) is 1. The molecule has 0 saturated heterocycles. The predicted octanol–water partition coefficient (Wildman–Crippen LogP) is 2.64. The predicted molar refractivity (Wildman–Crippen MR) is 106 cm³/mol. The maximum atomic E-state index is 12.5. The second kappa shape index (κ2) is 8.53. The van der Waals surface area contributed by atoms with Crippen molar-refractivity contribution in [1.29, 1.82) is 0 Å². The Balaban J connectivity index is 1.57. The van der Waals surface area contributed by atoms with Gasteiger partial charge in [-0.15, -0.1) is 0 Å². The number of sulfone groups is 1. The Labute approximate surface area is 164 Å². The van der Waals surface area contributed by atoms with Gasteiger partial charge in [-0.2, -0.15) is 0 Å². The van der Waals surface area contributed by atoms with Gasteiger partial charge in [0.05, 0.1) is 11.6 Å². The fourth-order valence-electron chi connectivity index (χ4n) is 2.88. The van der Waals surface area contributed by atoms with Crippen LogP contribution in [0.2, 0.25) is 0 Å². The summed E-state index contributed by atoms with van der Waals surface area (Å²) in [6.45, 7) is 2.88. The average Bonchev–Trinajstić information content (AvgIpc) is 3.08. The third-order valence-corrected chi connectivity index (χ3v) is 5.26. The number of carbonyl (C=O) groups excluding carboxylic acids is 1. The van der Waals surface area contributed by atoms with Gasteiger partial charge >= 0.3 is 0 Å². The van der Waals surface area contributed by atoms with Crippen molar-refractivity contribution in [1.82, 2.24) is 14.7 Å². The number of hydrogen-bond acceptors (Lipinski definition) is 5. The Morgan fingerprint density at radius 1 is 1.18 bits per heavy atom. The summed E-state index contributed by atoms with van der Waals surface area (Å²) in [6.07, 6.45) is 3.26. The molecule has 1 amide bonds. The zero-order valence-corrected chi connectivity index (χ0v) is 16.6. The number of amides is 1. The van der Waals surface area contributed by atoms with E-state index in [1.807, 2.05) is 37.3 Å². The average molecular weight is 401 g/mol. The van der Waals surface area contributed by atoms with Gasteiger partial charge in [0.1, 0.15) is 0 Å². The Bertz CT molecular complexity index is 1060. The van der Waals surface area contributed by atoms with Crippen LogP contribution in [0.5, 0.6) is 0 Å². The molecule has 148 valence electrons. The molecule has 3 aromatic rings. The van der Waals surface area contributed by atoms with Crippen molar-refractivity contribution < 1.29 is 17.9 Å². The summed E-state index contributed by atoms with van der Waals surface area (Å²) < 4.78 is 31.1. The number of nitrogens with zero attached hydrogens (tertiary/aromatic N) is 2. The van der Waals surface area contributed by atoms with Gasteiger partial charge in [0.15, 0.2) is 5.69 Å². The number of fused-ring (bicyclic) bond motifs is 1. The van der Waals surface area contributed by atoms with Crippen LogP contribution in [0.1, 0.15) is 35.5 Å². The molecule has 1 atom stereocenters. The van der Waals surface area contributed by atoms with Crippen molar-refractivity contribution in [3.63, 3.8) is 0 Å². The highest BCUT2D eigenvalue weighted by Gasteiger charge is 2.22. The number of nitrogens with one attached hydrogen (secondary N) is 1. The summed E-state index contributed by atoms with van der Waals surface area (Å²) in [7, 11) is -3.56. The first-order chi connectivity index (χ1) is 13.4. The number of rotatable bonds is 8. The van der Waals surface area contributed by atoms with Gasteiger partial charge in [-0.05, 0) is 31.0 Å². The Morgan fingerprint density at radius 2 is 1.89 bits per heavy atom. The first-order valence-electron chi connectivity index (χ1n) is 9.00. The molecule has 28 heavy (non-hydrogen) atoms. The lowest BCUT2D eigenvalue weighted by molar-refractivity contribution is 0.0634. The van der Waals surface area contributed by atoms with Crippen molar-refractivity contribution in [3.8, 4) is 0 Å². The number of carbonyl (C=O) groups is 1. The maximum Gasteiger partial charge on any atom is 0.272 e. The van der Waals surface area contributed by atoms with E-state index in [4.69, 9.17) is 4.74 Å². The summed E-state index contributed by atoms with van der Waals surface area (Å²) >= 11 is 0. The fourth-order valence-corrected chi connectivity index (χ4v) is 3.65. The largest absolute Gasteiger partial charge is 0.374 e. The van der Waals surface area contributed by atoms with Crippen LogP contribution in [0.25, 0.3) is 5.52 Å². The molecule has 2 aromatic heterocycles. The van der Waals surface area contributed by atoms with Gasteiger partial charge in [-0.25, -0.2) is 13.4 Å². The first kappa shape index (κ1) is 20.0. The number of benzene rings is 1. The van der Waals surface area contributed by atoms with E-state index < -0.39 is 15.7 Å². The molecule has 0 aliphatic rings. The number of aromatic nitrogens is 2. The number of imidazole rings is 1. The number of hydrogen-bond donors (Lipinski definition) is 1. The van der Waals surface area contributed by atoms with Crippen molar-refractivity contribution in [3.05, 3.63) is 66.0 Å². The second-order valence-corrected chi connectivity index (χ2v) is 8.41. The molecular formula is C20H23N3O4S. The molecule has 0 spiro atoms. The lowest BCUT2D eigenvalue weighted by Gasteiger charge is -2.13. The van der Waals surface area contributed by atoms with Gasteiger partial charge in [0, 0.05) is 25.6 Å². The molecule has 7 nitrogen and oxygen atoms in total. The van der Waals surface area contributed by atoms with Gasteiger partial charge < -0.3 is 10.1 Å². The molecule has 0 aliphatic carbocycles. The molecule has 0 aliphatic heterocycles. The van der Waals surface area contributed by atoms with Crippen LogP contribution in [0.15, 0.2) is 59.9 Å². The van der Waals surface area contributed by atoms with Gasteiger partial charge in [0.2, 0.25) is 15.0 Å². The molecule has 8 heteroatoms. The normalized spacial score (nSPS) is 12.8. The highest BCUT2D eigenvalue weighted by Crippen LogP contribution is 2.17. The monoisotopic (exact) mass is 401 g/mol. The molecule has 0 fully saturated rings. The van der Waals surface area contributed by atoms with E-state index >= 15 is 0 Å². The van der Waals surface area contributed by atoms with E-state index in [1.54, 1.807) is 24.4 Å². The molecule has 0 radical (unpaired) electrons. The van der Waals surface area contributed by atoms with E-state index in [9.17, 15) is 13.2 Å². The van der Waals surface area contributed by atoms with Crippen LogP contribution in [-0.4, -0.2) is 43.1 Å². The molecule has 1 N–H and O–H groups in total. The van der Waals surface area contributed by atoms with E-state index in [2.05, 4.69) is 10.3 Å². The molecule has 0 saturated carbocycles. The Hall–Kier alpha value is -2.71. The molecule has 0 bridgehead atoms. The first-order valence-corrected chi connectivity index (χ1v) is 10.9. The maximum absolute atomic E-state index is 12.5. The van der Waals surface area contributed by atoms with Crippen molar-refractivity contribution in [2.75, 3.05) is 19.4 Å². The zero-order chi connectivity index (χ0) is 20.1. The lowest BCUT2D eigenvalue weighted by Crippen LogP contribution is -2.26. The third-order valence-electron chi connectivity index (χ3n) is 4.31. The molecule has 3 rings (SSSR count). The van der Waals surface area contributed by atoms with Gasteiger partial charge in [0.25, 0.3) is 5.91 Å². The Morgan fingerprint density at radius 3 is 2.61 bits per heavy atom. The summed E-state index contributed by atoms with van der Waals surface area (Å²) in [5.41, 5.74) is 1.65. The summed E-state index contributed by atoms with van der Waals surface area (Å²) in [6, 6.07) is 15.0. The molecule has 2 heterocycles. The zero-order valence-electron chi connectivity index (χ0n) is 15.8. The highest BCUT2D eigenvalue weighted by molar-refractivity contribution is 7.90. The van der Waals surface area contributed by atoms with Gasteiger partial charge in [-0.1, -0.05) is 36.4 Å². The van der Waals surface area contributed by atoms with E-state index in [-0.39, 0.29) is 17.0 Å². The summed E-state index contributed by atoms with van der Waals surface area (Å²) in [5.74, 6) is -0.408. The van der Waals surface area contributed by atoms with Crippen molar-refractivity contribution in [2.24, 2.45) is 0 Å². The molecule has 1 unspecified atom stereocenters. The Kier molecular flexibility index (Phi) is 6.11. The smallest absolute Gasteiger partial charge is 0.272 e. The summed E-state index contributed by atoms with van der Waals surface area (Å²) in [4.78, 5) is 16.6. The number of pyridine rings is 1. The van der Waals surface area contributed by atoms with Crippen LogP contribution in [0, 0.1) is 0 Å². The third kappa shape index (κ3) is 4.58. The molecular weight excluding hydrogens is 378 g/mol. The van der Waals surface area contributed by atoms with Crippen LogP contribution in [0.4, 0.5) is 0 Å². The van der Waals surface area contributed by atoms with Gasteiger partial charge in [-0.3, -0.25) is 9.20 Å². The van der Waals surface area contributed by atoms with Crippen LogP contribution in [-0.2, 0) is 14.6 Å². The van der Waals surface area contributed by atoms with Crippen LogP contribution >= 0.6 is 0 Å². The minimum atomic E-state index is -3.56. The van der Waals surface area contributed by atoms with Crippen LogP contribution in [0.3, 0.4) is 0 Å². The quantitative estimate of drug-likeness (QED) is 0.586. The van der Waals surface area contributed by atoms with Crippen molar-refractivity contribution in [2.45, 2.75) is 24.6 Å². The fraction of sp³-hybridized carbons (Fsp3) is 0.300. The second-order valence-electron chi connectivity index (χ2n) is 6.50. The minimum Gasteiger partial charge on any atom is -0.374 e. The standard InChI is InChI=1S/C20H23N3O4S/c1-15(16-9-4-3-5-10-16)27-14-8-12-21-19(24)18-17-11-6-7-13-23(17)20(22-18)28(2,25)26/h3-7,9-11,13,15H,8,12,14H2,1-2H3,(H,21,24). The van der Waals surface area contributed by atoms with E-state index in [0.29, 0.717) is 25.1 Å². The SMILES string of the molecule is CC(OCCCNC(=O)c1nc(S(C)(=O)=O)n2ccccc12)c1ccccc1.